The van der Waals surface area contributed by atoms with Crippen molar-refractivity contribution in [3.05, 3.63) is 30.3 Å². The molecule has 0 aromatic heterocycles. The Balaban J connectivity index is 1.86. The molecule has 1 aromatic carbocycles. The molecule has 1 fully saturated rings. The van der Waals surface area contributed by atoms with Gasteiger partial charge in [0.2, 0.25) is 0 Å². The number of rotatable bonds is 5. The number of hydrogen-bond acceptors (Lipinski definition) is 4. The van der Waals surface area contributed by atoms with Crippen molar-refractivity contribution in [3.63, 3.8) is 0 Å². The number of piperidine rings is 1. The first-order valence-corrected chi connectivity index (χ1v) is 8.69. The molecule has 5 heteroatoms. The third-order valence-electron chi connectivity index (χ3n) is 3.98. The van der Waals surface area contributed by atoms with Gasteiger partial charge in [-0.1, -0.05) is 18.2 Å². The van der Waals surface area contributed by atoms with Crippen molar-refractivity contribution in [1.29, 1.82) is 5.41 Å². The Hall–Kier alpha value is -1.20. The molecule has 0 aliphatic carbocycles. The largest absolute Gasteiger partial charge is 0.310 e. The molecule has 1 heterocycles. The van der Waals surface area contributed by atoms with E-state index in [2.05, 4.69) is 4.90 Å². The van der Waals surface area contributed by atoms with Gasteiger partial charge in [-0.25, -0.2) is 8.42 Å². The number of nitrogens with one attached hydrogen (secondary N) is 1. The van der Waals surface area contributed by atoms with E-state index in [1.165, 1.54) is 0 Å². The zero-order chi connectivity index (χ0) is 14.6. The van der Waals surface area contributed by atoms with Crippen LogP contribution in [0.3, 0.4) is 0 Å². The van der Waals surface area contributed by atoms with Crippen LogP contribution in [0.2, 0.25) is 0 Å². The molecule has 4 nitrogen and oxygen atoms in total. The van der Waals surface area contributed by atoms with E-state index in [4.69, 9.17) is 5.41 Å². The highest BCUT2D eigenvalue weighted by Crippen LogP contribution is 2.18. The van der Waals surface area contributed by atoms with E-state index in [1.807, 2.05) is 13.0 Å². The number of nitrogens with zero attached hydrogens (tertiary/aromatic N) is 1. The van der Waals surface area contributed by atoms with Gasteiger partial charge in [0, 0.05) is 12.3 Å². The second kappa shape index (κ2) is 6.50. The molecule has 1 aromatic rings. The smallest absolute Gasteiger partial charge is 0.179 e. The summed E-state index contributed by atoms with van der Waals surface area (Å²) in [5, 5.41) is 7.65. The Morgan fingerprint density at radius 1 is 1.25 bits per heavy atom. The minimum atomic E-state index is -3.17. The zero-order valence-electron chi connectivity index (χ0n) is 11.9. The van der Waals surface area contributed by atoms with Gasteiger partial charge in [-0.05, 0) is 50.9 Å². The van der Waals surface area contributed by atoms with Crippen LogP contribution in [0.1, 0.15) is 19.8 Å². The number of sulfone groups is 1. The fourth-order valence-corrected chi connectivity index (χ4v) is 3.89. The molecule has 0 radical (unpaired) electrons. The minimum absolute atomic E-state index is 0.172. The first-order chi connectivity index (χ1) is 9.49. The predicted molar refractivity (Wildman–Crippen MR) is 81.1 cm³/mol. The lowest BCUT2D eigenvalue weighted by atomic mass is 9.93. The topological polar surface area (TPSA) is 61.2 Å². The molecule has 1 aliphatic heterocycles. The average Bonchev–Trinajstić information content (AvgIpc) is 2.46. The molecule has 1 aliphatic rings. The highest BCUT2D eigenvalue weighted by atomic mass is 32.2. The lowest BCUT2D eigenvalue weighted by Gasteiger charge is -2.31. The van der Waals surface area contributed by atoms with Crippen LogP contribution in [0.4, 0.5) is 0 Å². The third kappa shape index (κ3) is 3.90. The lowest BCUT2D eigenvalue weighted by molar-refractivity contribution is 0.219. The molecule has 0 bridgehead atoms. The molecule has 0 unspecified atom stereocenters. The summed E-state index contributed by atoms with van der Waals surface area (Å²) in [6.07, 6.45) is 1.95. The second-order valence-corrected chi connectivity index (χ2v) is 7.54. The molecule has 0 amide bonds. The van der Waals surface area contributed by atoms with Gasteiger partial charge in [0.1, 0.15) is 0 Å². The van der Waals surface area contributed by atoms with Gasteiger partial charge < -0.3 is 10.3 Å². The van der Waals surface area contributed by atoms with Gasteiger partial charge in [0.15, 0.2) is 9.84 Å². The van der Waals surface area contributed by atoms with Crippen molar-refractivity contribution < 1.29 is 8.42 Å². The SMILES string of the molecule is CC(=N)C1CCN(CCS(=O)(=O)c2ccccc2)CC1. The van der Waals surface area contributed by atoms with Gasteiger partial charge in [-0.15, -0.1) is 0 Å². The van der Waals surface area contributed by atoms with E-state index in [0.717, 1.165) is 31.6 Å². The Kier molecular flexibility index (Phi) is 4.94. The van der Waals surface area contributed by atoms with Crippen molar-refractivity contribution in [2.45, 2.75) is 24.7 Å². The van der Waals surface area contributed by atoms with Gasteiger partial charge in [0.05, 0.1) is 10.6 Å². The van der Waals surface area contributed by atoms with Crippen LogP contribution >= 0.6 is 0 Å². The van der Waals surface area contributed by atoms with Crippen molar-refractivity contribution >= 4 is 15.5 Å². The second-order valence-electron chi connectivity index (χ2n) is 5.43. The number of benzene rings is 1. The molecule has 0 spiro atoms. The van der Waals surface area contributed by atoms with E-state index >= 15 is 0 Å². The summed E-state index contributed by atoms with van der Waals surface area (Å²) >= 11 is 0. The Morgan fingerprint density at radius 3 is 2.40 bits per heavy atom. The Morgan fingerprint density at radius 2 is 1.85 bits per heavy atom. The van der Waals surface area contributed by atoms with Gasteiger partial charge in [0.25, 0.3) is 0 Å². The maximum atomic E-state index is 12.2. The quantitative estimate of drug-likeness (QED) is 0.847. The average molecular weight is 294 g/mol. The van der Waals surface area contributed by atoms with Gasteiger partial charge in [-0.2, -0.15) is 0 Å². The molecule has 1 N–H and O–H groups in total. The van der Waals surface area contributed by atoms with Crippen molar-refractivity contribution in [2.24, 2.45) is 5.92 Å². The summed E-state index contributed by atoms with van der Waals surface area (Å²) < 4.78 is 24.4. The van der Waals surface area contributed by atoms with Crippen molar-refractivity contribution in [3.8, 4) is 0 Å². The van der Waals surface area contributed by atoms with E-state index in [0.29, 0.717) is 17.4 Å². The monoisotopic (exact) mass is 294 g/mol. The fourth-order valence-electron chi connectivity index (χ4n) is 2.58. The normalized spacial score (nSPS) is 18.1. The summed E-state index contributed by atoms with van der Waals surface area (Å²) in [4.78, 5) is 2.60. The van der Waals surface area contributed by atoms with Crippen LogP contribution < -0.4 is 0 Å². The van der Waals surface area contributed by atoms with Crippen LogP contribution in [0.15, 0.2) is 35.2 Å². The van der Waals surface area contributed by atoms with Crippen LogP contribution in [0, 0.1) is 11.3 Å². The number of likely N-dealkylation sites (tertiary alicyclic amines) is 1. The molecule has 1 saturated heterocycles. The van der Waals surface area contributed by atoms with Gasteiger partial charge >= 0.3 is 0 Å². The van der Waals surface area contributed by atoms with Crippen molar-refractivity contribution in [2.75, 3.05) is 25.4 Å². The third-order valence-corrected chi connectivity index (χ3v) is 5.69. The van der Waals surface area contributed by atoms with E-state index < -0.39 is 9.84 Å². The van der Waals surface area contributed by atoms with Crippen LogP contribution in [0.25, 0.3) is 0 Å². The summed E-state index contributed by atoms with van der Waals surface area (Å²) in [6, 6.07) is 8.64. The van der Waals surface area contributed by atoms with E-state index in [9.17, 15) is 8.42 Å². The molecular formula is C15H22N2O2S. The molecule has 0 saturated carbocycles. The summed E-state index contributed by atoms with van der Waals surface area (Å²) in [5.41, 5.74) is 0.751. The Labute approximate surface area is 121 Å². The van der Waals surface area contributed by atoms with Crippen LogP contribution in [0.5, 0.6) is 0 Å². The predicted octanol–water partition coefficient (Wildman–Crippen LogP) is 2.21. The Bertz CT molecular complexity index is 546. The maximum absolute atomic E-state index is 12.2. The zero-order valence-corrected chi connectivity index (χ0v) is 12.7. The van der Waals surface area contributed by atoms with Crippen molar-refractivity contribution in [1.82, 2.24) is 4.90 Å². The van der Waals surface area contributed by atoms with Crippen LogP contribution in [-0.4, -0.2) is 44.4 Å². The van der Waals surface area contributed by atoms with Gasteiger partial charge in [-0.3, -0.25) is 0 Å². The van der Waals surface area contributed by atoms with E-state index in [-0.39, 0.29) is 5.75 Å². The first kappa shape index (κ1) is 15.2. The fraction of sp³-hybridized carbons (Fsp3) is 0.533. The molecule has 2 rings (SSSR count). The molecule has 0 atom stereocenters. The highest BCUT2D eigenvalue weighted by Gasteiger charge is 2.22. The molecule has 110 valence electrons. The van der Waals surface area contributed by atoms with Crippen LogP contribution in [-0.2, 0) is 9.84 Å². The summed E-state index contributed by atoms with van der Waals surface area (Å²) in [5.74, 6) is 0.558. The maximum Gasteiger partial charge on any atom is 0.179 e. The molecular weight excluding hydrogens is 272 g/mol. The highest BCUT2D eigenvalue weighted by molar-refractivity contribution is 7.91. The minimum Gasteiger partial charge on any atom is -0.310 e. The summed E-state index contributed by atoms with van der Waals surface area (Å²) in [6.45, 7) is 4.23. The summed E-state index contributed by atoms with van der Waals surface area (Å²) in [7, 11) is -3.17. The standard InChI is InChI=1S/C15H22N2O2S/c1-13(16)14-7-9-17(10-8-14)11-12-20(18,19)15-5-3-2-4-6-15/h2-6,14,16H,7-12H2,1H3. The molecule has 20 heavy (non-hydrogen) atoms. The lowest BCUT2D eigenvalue weighted by Crippen LogP contribution is -2.38. The first-order valence-electron chi connectivity index (χ1n) is 7.04. The number of hydrogen-bond donors (Lipinski definition) is 1. The van der Waals surface area contributed by atoms with E-state index in [1.54, 1.807) is 24.3 Å².